The van der Waals surface area contributed by atoms with Crippen LogP contribution < -0.4 is 10.6 Å². The highest BCUT2D eigenvalue weighted by Gasteiger charge is 2.14. The van der Waals surface area contributed by atoms with Crippen molar-refractivity contribution < 1.29 is 19.5 Å². The summed E-state index contributed by atoms with van der Waals surface area (Å²) >= 11 is 0. The Kier molecular flexibility index (Phi) is 5.51. The van der Waals surface area contributed by atoms with Crippen LogP contribution in [0.25, 0.3) is 6.08 Å². The molecule has 0 aliphatic rings. The summed E-state index contributed by atoms with van der Waals surface area (Å²) in [6, 6.07) is 8.06. The fourth-order valence-electron chi connectivity index (χ4n) is 2.34. The molecule has 0 aliphatic carbocycles. The summed E-state index contributed by atoms with van der Waals surface area (Å²) in [6.07, 6.45) is 2.67. The highest BCUT2D eigenvalue weighted by molar-refractivity contribution is 6.08. The molecular weight excluding hydrogens is 324 g/mol. The topological polar surface area (TPSA) is 99.7 Å². The number of allylic oxidation sites excluding steroid dienone is 1. The van der Waals surface area contributed by atoms with Crippen molar-refractivity contribution in [3.05, 3.63) is 63.6 Å². The second-order valence-electron chi connectivity index (χ2n) is 5.33. The van der Waals surface area contributed by atoms with Gasteiger partial charge in [0.2, 0.25) is 5.91 Å². The van der Waals surface area contributed by atoms with Crippen LogP contribution in [-0.2, 0) is 9.63 Å². The molecule has 2 rings (SSSR count). The number of ketones is 1. The Bertz CT molecular complexity index is 899. The van der Waals surface area contributed by atoms with E-state index in [9.17, 15) is 19.5 Å². The predicted molar refractivity (Wildman–Crippen MR) is 93.4 cm³/mol. The highest BCUT2D eigenvalue weighted by atomic mass is 16.7. The number of hydrogen-bond donors (Lipinski definition) is 2. The van der Waals surface area contributed by atoms with Crippen molar-refractivity contribution in [2.24, 2.45) is 0 Å². The summed E-state index contributed by atoms with van der Waals surface area (Å²) in [4.78, 5) is 43.0. The molecule has 25 heavy (non-hydrogen) atoms. The lowest BCUT2D eigenvalue weighted by atomic mass is 10.1. The first kappa shape index (κ1) is 18.2. The second kappa shape index (κ2) is 7.59. The molecular formula is C18H18N2O5. The van der Waals surface area contributed by atoms with Gasteiger partial charge in [0, 0.05) is 12.6 Å². The number of aryl methyl sites for hydroxylation is 1. The van der Waals surface area contributed by atoms with E-state index in [1.807, 2.05) is 0 Å². The summed E-state index contributed by atoms with van der Waals surface area (Å²) in [5.74, 6) is -1.29. The Morgan fingerprint density at radius 2 is 2.00 bits per heavy atom. The number of benzene rings is 1. The molecule has 0 radical (unpaired) electrons. The number of aromatic nitrogens is 1. The number of carbonyl (C=O) groups excluding carboxylic acids is 2. The van der Waals surface area contributed by atoms with Gasteiger partial charge < -0.3 is 10.1 Å². The molecule has 0 unspecified atom stereocenters. The van der Waals surface area contributed by atoms with Crippen LogP contribution in [0, 0.1) is 6.92 Å². The zero-order valence-electron chi connectivity index (χ0n) is 14.1. The number of rotatable bonds is 5. The van der Waals surface area contributed by atoms with Gasteiger partial charge in [-0.25, -0.2) is 0 Å². The lowest BCUT2D eigenvalue weighted by Crippen LogP contribution is -2.26. The van der Waals surface area contributed by atoms with Crippen LogP contribution >= 0.6 is 0 Å². The van der Waals surface area contributed by atoms with E-state index in [0.29, 0.717) is 16.9 Å². The summed E-state index contributed by atoms with van der Waals surface area (Å²) in [5.41, 5.74) is 0.612. The quantitative estimate of drug-likeness (QED) is 0.493. The van der Waals surface area contributed by atoms with Crippen molar-refractivity contribution in [3.63, 3.8) is 0 Å². The van der Waals surface area contributed by atoms with Crippen molar-refractivity contribution in [1.82, 2.24) is 4.98 Å². The third-order valence-electron chi connectivity index (χ3n) is 3.39. The van der Waals surface area contributed by atoms with E-state index in [1.54, 1.807) is 31.2 Å². The molecule has 7 heteroatoms. The molecule has 130 valence electrons. The number of aromatic hydroxyl groups is 1. The molecule has 0 aliphatic heterocycles. The molecule has 1 aromatic heterocycles. The van der Waals surface area contributed by atoms with Gasteiger partial charge >= 0.3 is 0 Å². The maximum absolute atomic E-state index is 12.2. The van der Waals surface area contributed by atoms with E-state index in [2.05, 4.69) is 4.98 Å². The monoisotopic (exact) mass is 342 g/mol. The van der Waals surface area contributed by atoms with Crippen molar-refractivity contribution in [2.75, 3.05) is 12.2 Å². The number of nitrogens with one attached hydrogen (secondary N) is 1. The van der Waals surface area contributed by atoms with Gasteiger partial charge in [0.1, 0.15) is 11.3 Å². The predicted octanol–water partition coefficient (Wildman–Crippen LogP) is 2.20. The first-order chi connectivity index (χ1) is 11.8. The number of anilines is 1. The smallest absolute Gasteiger partial charge is 0.263 e. The Morgan fingerprint density at radius 3 is 2.60 bits per heavy atom. The SMILES string of the molecule is CON(C(C)=O)c1cccc(/C=C/C(=O)c2c(O)cc(C)[nH]c2=O)c1. The van der Waals surface area contributed by atoms with Gasteiger partial charge in [-0.15, -0.1) is 0 Å². The lowest BCUT2D eigenvalue weighted by Gasteiger charge is -2.17. The third kappa shape index (κ3) is 4.21. The van der Waals surface area contributed by atoms with Crippen LogP contribution in [0.15, 0.2) is 41.2 Å². The van der Waals surface area contributed by atoms with E-state index in [4.69, 9.17) is 4.84 Å². The molecule has 0 fully saturated rings. The van der Waals surface area contributed by atoms with Crippen LogP contribution in [-0.4, -0.2) is 28.9 Å². The Labute approximate surface area is 144 Å². The molecule has 7 nitrogen and oxygen atoms in total. The molecule has 0 bridgehead atoms. The standard InChI is InChI=1S/C18H18N2O5/c1-11-9-16(23)17(18(24)19-11)15(22)8-7-13-5-4-6-14(10-13)20(25-3)12(2)21/h4-10H,1-3H3,(H2,19,23,24)/b8-7+. The fraction of sp³-hybridized carbons (Fsp3) is 0.167. The van der Waals surface area contributed by atoms with Crippen LogP contribution in [0.5, 0.6) is 5.75 Å². The van der Waals surface area contributed by atoms with E-state index in [1.165, 1.54) is 32.3 Å². The molecule has 0 saturated carbocycles. The number of nitrogens with zero attached hydrogens (tertiary/aromatic N) is 1. The average molecular weight is 342 g/mol. The first-order valence-corrected chi connectivity index (χ1v) is 7.43. The molecule has 2 aromatic rings. The number of hydrogen-bond acceptors (Lipinski definition) is 5. The molecule has 1 aromatic carbocycles. The number of pyridine rings is 1. The van der Waals surface area contributed by atoms with Gasteiger partial charge in [0.15, 0.2) is 5.78 Å². The van der Waals surface area contributed by atoms with Crippen molar-refractivity contribution >= 4 is 23.5 Å². The first-order valence-electron chi connectivity index (χ1n) is 7.43. The zero-order chi connectivity index (χ0) is 18.6. The molecule has 0 saturated heterocycles. The van der Waals surface area contributed by atoms with E-state index in [0.717, 1.165) is 5.06 Å². The Balaban J connectivity index is 2.30. The maximum atomic E-state index is 12.2. The molecule has 2 N–H and O–H groups in total. The number of carbonyl (C=O) groups is 2. The molecule has 1 amide bonds. The minimum Gasteiger partial charge on any atom is -0.507 e. The van der Waals surface area contributed by atoms with Crippen LogP contribution in [0.1, 0.15) is 28.5 Å². The van der Waals surface area contributed by atoms with Crippen molar-refractivity contribution in [1.29, 1.82) is 0 Å². The Hall–Kier alpha value is -3.19. The number of amides is 1. The van der Waals surface area contributed by atoms with Crippen LogP contribution in [0.4, 0.5) is 5.69 Å². The normalized spacial score (nSPS) is 10.8. The van der Waals surface area contributed by atoms with Gasteiger partial charge in [-0.3, -0.25) is 19.2 Å². The second-order valence-corrected chi connectivity index (χ2v) is 5.33. The van der Waals surface area contributed by atoms with Crippen LogP contribution in [0.2, 0.25) is 0 Å². The molecule has 0 spiro atoms. The Morgan fingerprint density at radius 1 is 1.28 bits per heavy atom. The van der Waals surface area contributed by atoms with E-state index in [-0.39, 0.29) is 17.2 Å². The highest BCUT2D eigenvalue weighted by Crippen LogP contribution is 2.19. The summed E-state index contributed by atoms with van der Waals surface area (Å²) in [5, 5.41) is 10.9. The maximum Gasteiger partial charge on any atom is 0.263 e. The fourth-order valence-corrected chi connectivity index (χ4v) is 2.34. The molecule has 1 heterocycles. The zero-order valence-corrected chi connectivity index (χ0v) is 14.1. The van der Waals surface area contributed by atoms with Gasteiger partial charge in [-0.1, -0.05) is 18.2 Å². The third-order valence-corrected chi connectivity index (χ3v) is 3.39. The largest absolute Gasteiger partial charge is 0.507 e. The number of aromatic amines is 1. The van der Waals surface area contributed by atoms with Crippen molar-refractivity contribution in [3.8, 4) is 5.75 Å². The van der Waals surface area contributed by atoms with Gasteiger partial charge in [-0.2, -0.15) is 5.06 Å². The average Bonchev–Trinajstić information content (AvgIpc) is 2.52. The number of H-pyrrole nitrogens is 1. The lowest BCUT2D eigenvalue weighted by molar-refractivity contribution is -0.122. The van der Waals surface area contributed by atoms with Crippen LogP contribution in [0.3, 0.4) is 0 Å². The summed E-state index contributed by atoms with van der Waals surface area (Å²) in [6.45, 7) is 2.97. The van der Waals surface area contributed by atoms with Gasteiger partial charge in [0.05, 0.1) is 12.8 Å². The minimum absolute atomic E-state index is 0.296. The van der Waals surface area contributed by atoms with Gasteiger partial charge in [-0.05, 0) is 36.8 Å². The van der Waals surface area contributed by atoms with E-state index < -0.39 is 11.3 Å². The van der Waals surface area contributed by atoms with Crippen molar-refractivity contribution in [2.45, 2.75) is 13.8 Å². The number of hydroxylamine groups is 1. The summed E-state index contributed by atoms with van der Waals surface area (Å²) in [7, 11) is 1.37. The van der Waals surface area contributed by atoms with Gasteiger partial charge in [0.25, 0.3) is 5.56 Å². The minimum atomic E-state index is -0.650. The summed E-state index contributed by atoms with van der Waals surface area (Å²) < 4.78 is 0. The van der Waals surface area contributed by atoms with E-state index >= 15 is 0 Å². The molecule has 0 atom stereocenters.